The van der Waals surface area contributed by atoms with Gasteiger partial charge in [0.15, 0.2) is 0 Å². The monoisotopic (exact) mass is 374 g/mol. The molecule has 1 aliphatic rings. The summed E-state index contributed by atoms with van der Waals surface area (Å²) >= 11 is 3.45. The highest BCUT2D eigenvalue weighted by Gasteiger charge is 2.23. The lowest BCUT2D eigenvalue weighted by Crippen LogP contribution is -2.39. The first kappa shape index (κ1) is 18.5. The van der Waals surface area contributed by atoms with Crippen molar-refractivity contribution in [3.8, 4) is 0 Å². The maximum atomic E-state index is 12.0. The Bertz CT molecular complexity index is 456. The maximum Gasteiger partial charge on any atom is 0.221 e. The molecule has 2 rings (SSSR count). The van der Waals surface area contributed by atoms with Gasteiger partial charge in [0, 0.05) is 28.9 Å². The summed E-state index contributed by atoms with van der Waals surface area (Å²) < 4.78 is 1.08. The first-order valence-electron chi connectivity index (χ1n) is 7.23. The summed E-state index contributed by atoms with van der Waals surface area (Å²) in [7, 11) is 0. The van der Waals surface area contributed by atoms with E-state index in [0.717, 1.165) is 17.4 Å². The molecule has 0 bridgehead atoms. The lowest BCUT2D eigenvalue weighted by Gasteiger charge is -2.26. The molecule has 0 aliphatic carbocycles. The minimum atomic E-state index is -0.0561. The Morgan fingerprint density at radius 3 is 2.62 bits per heavy atom. The molecule has 1 heterocycles. The lowest BCUT2D eigenvalue weighted by molar-refractivity contribution is -0.121. The van der Waals surface area contributed by atoms with Crippen molar-refractivity contribution in [1.82, 2.24) is 10.6 Å². The van der Waals surface area contributed by atoms with Crippen molar-refractivity contribution in [1.29, 1.82) is 0 Å². The van der Waals surface area contributed by atoms with Crippen LogP contribution in [0.4, 0.5) is 0 Å². The zero-order chi connectivity index (χ0) is 14.6. The molecule has 1 unspecified atom stereocenters. The normalized spacial score (nSPS) is 18.1. The molecule has 1 aliphatic heterocycles. The standard InChI is InChI=1S/C16H23BrN2O.ClH/c1-16(2,12-5-7-13(17)8-6-12)11-19-15(20)10-14-4-3-9-18-14;/h5-8,14,18H,3-4,9-11H2,1-2H3,(H,19,20);1H. The third kappa shape index (κ3) is 5.61. The van der Waals surface area contributed by atoms with Gasteiger partial charge in [-0.05, 0) is 37.1 Å². The number of hydrogen-bond donors (Lipinski definition) is 2. The van der Waals surface area contributed by atoms with Gasteiger partial charge < -0.3 is 10.6 Å². The average Bonchev–Trinajstić information content (AvgIpc) is 2.90. The molecule has 118 valence electrons. The van der Waals surface area contributed by atoms with Gasteiger partial charge in [0.25, 0.3) is 0 Å². The van der Waals surface area contributed by atoms with E-state index >= 15 is 0 Å². The number of rotatable bonds is 5. The first-order chi connectivity index (χ1) is 9.47. The van der Waals surface area contributed by atoms with Crippen LogP contribution >= 0.6 is 28.3 Å². The van der Waals surface area contributed by atoms with Crippen LogP contribution in [0.15, 0.2) is 28.7 Å². The summed E-state index contributed by atoms with van der Waals surface area (Å²) in [6.07, 6.45) is 2.89. The van der Waals surface area contributed by atoms with Gasteiger partial charge in [-0.3, -0.25) is 4.79 Å². The molecular formula is C16H24BrClN2O. The summed E-state index contributed by atoms with van der Waals surface area (Å²) in [5.41, 5.74) is 1.18. The molecule has 1 aromatic carbocycles. The SMILES string of the molecule is CC(C)(CNC(=O)CC1CCCN1)c1ccc(Br)cc1.Cl. The lowest BCUT2D eigenvalue weighted by atomic mass is 9.84. The van der Waals surface area contributed by atoms with Crippen LogP contribution < -0.4 is 10.6 Å². The fourth-order valence-electron chi connectivity index (χ4n) is 2.55. The van der Waals surface area contributed by atoms with Crippen molar-refractivity contribution in [2.24, 2.45) is 0 Å². The Kier molecular flexibility index (Phi) is 7.17. The third-order valence-corrected chi connectivity index (χ3v) is 4.48. The summed E-state index contributed by atoms with van der Waals surface area (Å²) in [6.45, 7) is 6.02. The molecule has 0 spiro atoms. The smallest absolute Gasteiger partial charge is 0.221 e. The van der Waals surface area contributed by atoms with Crippen LogP contribution in [-0.2, 0) is 10.2 Å². The molecule has 0 aromatic heterocycles. The largest absolute Gasteiger partial charge is 0.355 e. The molecule has 1 atom stereocenters. The van der Waals surface area contributed by atoms with Crippen molar-refractivity contribution < 1.29 is 4.79 Å². The predicted molar refractivity (Wildman–Crippen MR) is 93.1 cm³/mol. The molecule has 5 heteroatoms. The number of halogens is 2. The average molecular weight is 376 g/mol. The van der Waals surface area contributed by atoms with Gasteiger partial charge >= 0.3 is 0 Å². The minimum Gasteiger partial charge on any atom is -0.355 e. The highest BCUT2D eigenvalue weighted by atomic mass is 79.9. The van der Waals surface area contributed by atoms with Gasteiger partial charge in [-0.1, -0.05) is 41.9 Å². The number of benzene rings is 1. The van der Waals surface area contributed by atoms with Gasteiger partial charge in [-0.2, -0.15) is 0 Å². The highest BCUT2D eigenvalue weighted by Crippen LogP contribution is 2.24. The zero-order valence-electron chi connectivity index (χ0n) is 12.6. The maximum absolute atomic E-state index is 12.0. The molecule has 3 nitrogen and oxygen atoms in total. The number of amides is 1. The van der Waals surface area contributed by atoms with E-state index in [4.69, 9.17) is 0 Å². The highest BCUT2D eigenvalue weighted by molar-refractivity contribution is 9.10. The fraction of sp³-hybridized carbons (Fsp3) is 0.562. The molecule has 1 fully saturated rings. The molecule has 0 radical (unpaired) electrons. The molecule has 21 heavy (non-hydrogen) atoms. The van der Waals surface area contributed by atoms with Gasteiger partial charge in [-0.25, -0.2) is 0 Å². The van der Waals surface area contributed by atoms with Crippen LogP contribution in [0.1, 0.15) is 38.7 Å². The van der Waals surface area contributed by atoms with E-state index in [1.165, 1.54) is 12.0 Å². The van der Waals surface area contributed by atoms with Crippen LogP contribution in [0.5, 0.6) is 0 Å². The predicted octanol–water partition coefficient (Wildman–Crippen LogP) is 3.41. The Morgan fingerprint density at radius 2 is 2.05 bits per heavy atom. The van der Waals surface area contributed by atoms with Crippen LogP contribution in [0.3, 0.4) is 0 Å². The first-order valence-corrected chi connectivity index (χ1v) is 8.03. The summed E-state index contributed by atoms with van der Waals surface area (Å²) in [5, 5.41) is 6.43. The second-order valence-corrected chi connectivity index (χ2v) is 7.08. The number of nitrogens with one attached hydrogen (secondary N) is 2. The Hall–Kier alpha value is -0.580. The summed E-state index contributed by atoms with van der Waals surface area (Å²) in [4.78, 5) is 12.0. The van der Waals surface area contributed by atoms with Crippen molar-refractivity contribution >= 4 is 34.2 Å². The zero-order valence-corrected chi connectivity index (χ0v) is 15.0. The van der Waals surface area contributed by atoms with Crippen LogP contribution in [0.2, 0.25) is 0 Å². The number of carbonyl (C=O) groups is 1. The quantitative estimate of drug-likeness (QED) is 0.828. The molecule has 1 aromatic rings. The number of carbonyl (C=O) groups excluding carboxylic acids is 1. The summed E-state index contributed by atoms with van der Waals surface area (Å²) in [6, 6.07) is 8.66. The Labute approximate surface area is 141 Å². The molecular weight excluding hydrogens is 352 g/mol. The van der Waals surface area contributed by atoms with Crippen LogP contribution in [-0.4, -0.2) is 25.0 Å². The van der Waals surface area contributed by atoms with Crippen molar-refractivity contribution in [3.63, 3.8) is 0 Å². The van der Waals surface area contributed by atoms with E-state index in [1.807, 2.05) is 12.1 Å². The minimum absolute atomic E-state index is 0. The van der Waals surface area contributed by atoms with Gasteiger partial charge in [-0.15, -0.1) is 12.4 Å². The molecule has 1 amide bonds. The van der Waals surface area contributed by atoms with Crippen LogP contribution in [0, 0.1) is 0 Å². The van der Waals surface area contributed by atoms with E-state index in [2.05, 4.69) is 52.5 Å². The topological polar surface area (TPSA) is 41.1 Å². The van der Waals surface area contributed by atoms with E-state index in [-0.39, 0.29) is 23.7 Å². The Morgan fingerprint density at radius 1 is 1.38 bits per heavy atom. The fourth-order valence-corrected chi connectivity index (χ4v) is 2.81. The van der Waals surface area contributed by atoms with Crippen LogP contribution in [0.25, 0.3) is 0 Å². The second-order valence-electron chi connectivity index (χ2n) is 6.16. The van der Waals surface area contributed by atoms with Crippen molar-refractivity contribution in [2.75, 3.05) is 13.1 Å². The Balaban J connectivity index is 0.00000220. The second kappa shape index (κ2) is 8.16. The van der Waals surface area contributed by atoms with E-state index in [0.29, 0.717) is 19.0 Å². The van der Waals surface area contributed by atoms with Gasteiger partial charge in [0.1, 0.15) is 0 Å². The molecule has 1 saturated heterocycles. The van der Waals surface area contributed by atoms with E-state index in [9.17, 15) is 4.79 Å². The molecule has 0 saturated carbocycles. The summed E-state index contributed by atoms with van der Waals surface area (Å²) in [5.74, 6) is 0.148. The molecule has 2 N–H and O–H groups in total. The van der Waals surface area contributed by atoms with Crippen molar-refractivity contribution in [2.45, 2.75) is 44.6 Å². The van der Waals surface area contributed by atoms with Crippen molar-refractivity contribution in [3.05, 3.63) is 34.3 Å². The van der Waals surface area contributed by atoms with E-state index < -0.39 is 0 Å². The van der Waals surface area contributed by atoms with Gasteiger partial charge in [0.05, 0.1) is 0 Å². The number of hydrogen-bond acceptors (Lipinski definition) is 2. The van der Waals surface area contributed by atoms with Gasteiger partial charge in [0.2, 0.25) is 5.91 Å². The third-order valence-electron chi connectivity index (χ3n) is 3.95. The van der Waals surface area contributed by atoms with E-state index in [1.54, 1.807) is 0 Å².